The van der Waals surface area contributed by atoms with Crippen molar-refractivity contribution < 1.29 is 19.1 Å². The van der Waals surface area contributed by atoms with E-state index in [1.54, 1.807) is 0 Å². The number of hydrogen-bond acceptors (Lipinski definition) is 6. The van der Waals surface area contributed by atoms with Crippen molar-refractivity contribution in [3.05, 3.63) is 90.1 Å². The Kier molecular flexibility index (Phi) is 10.2. The van der Waals surface area contributed by atoms with Gasteiger partial charge in [0.2, 0.25) is 11.8 Å². The number of piperazine rings is 1. The smallest absolute Gasteiger partial charge is 0.243 e. The fourth-order valence-electron chi connectivity index (χ4n) is 5.49. The van der Waals surface area contributed by atoms with Gasteiger partial charge in [0.05, 0.1) is 19.8 Å². The molecule has 0 saturated carbocycles. The highest BCUT2D eigenvalue weighted by Gasteiger charge is 2.25. The number of H-pyrrole nitrogens is 1. The first-order valence-electron chi connectivity index (χ1n) is 15.1. The van der Waals surface area contributed by atoms with Crippen molar-refractivity contribution in [3.8, 4) is 11.5 Å². The van der Waals surface area contributed by atoms with Crippen LogP contribution in [0.3, 0.4) is 0 Å². The van der Waals surface area contributed by atoms with Crippen LogP contribution in [0.25, 0.3) is 10.9 Å². The minimum atomic E-state index is -0.730. The van der Waals surface area contributed by atoms with Crippen LogP contribution in [0.5, 0.6) is 11.5 Å². The second-order valence-corrected chi connectivity index (χ2v) is 10.6. The van der Waals surface area contributed by atoms with Gasteiger partial charge in [-0.15, -0.1) is 0 Å². The largest absolute Gasteiger partial charge is 0.490 e. The third-order valence-corrected chi connectivity index (χ3v) is 7.69. The van der Waals surface area contributed by atoms with Crippen LogP contribution in [0, 0.1) is 0 Å². The standard InChI is InChI=1S/C34H41N5O4/c1-3-42-31-15-14-25(20-32(31)43-4-2)22-36-34(41)30(21-26-23-35-29-13-9-8-12-28(26)29)37-33(40)24-38-16-18-39(19-17-38)27-10-6-5-7-11-27/h5-15,20,23,30,35H,3-4,16-19,21-22,24H2,1-2H3,(H,36,41)(H,37,40). The Morgan fingerprint density at radius 1 is 0.884 bits per heavy atom. The Labute approximate surface area is 253 Å². The van der Waals surface area contributed by atoms with E-state index in [1.165, 1.54) is 5.69 Å². The third kappa shape index (κ3) is 7.87. The van der Waals surface area contributed by atoms with E-state index in [2.05, 4.69) is 37.6 Å². The number of ether oxygens (including phenoxy) is 2. The number of anilines is 1. The first-order valence-corrected chi connectivity index (χ1v) is 15.1. The number of hydrogen-bond donors (Lipinski definition) is 3. The predicted molar refractivity (Wildman–Crippen MR) is 170 cm³/mol. The van der Waals surface area contributed by atoms with Crippen LogP contribution in [0.15, 0.2) is 79.0 Å². The van der Waals surface area contributed by atoms with Crippen molar-refractivity contribution in [2.45, 2.75) is 32.9 Å². The monoisotopic (exact) mass is 583 g/mol. The molecule has 9 nitrogen and oxygen atoms in total. The van der Waals surface area contributed by atoms with E-state index >= 15 is 0 Å². The maximum Gasteiger partial charge on any atom is 0.243 e. The molecule has 1 fully saturated rings. The van der Waals surface area contributed by atoms with E-state index in [4.69, 9.17) is 9.47 Å². The molecule has 1 saturated heterocycles. The summed E-state index contributed by atoms with van der Waals surface area (Å²) in [4.78, 5) is 34.6. The summed E-state index contributed by atoms with van der Waals surface area (Å²) in [7, 11) is 0. The van der Waals surface area contributed by atoms with E-state index in [1.807, 2.05) is 80.7 Å². The molecule has 0 radical (unpaired) electrons. The minimum Gasteiger partial charge on any atom is -0.490 e. The molecule has 5 rings (SSSR count). The second kappa shape index (κ2) is 14.6. The molecular formula is C34H41N5O4. The molecule has 2 heterocycles. The number of nitrogens with zero attached hydrogens (tertiary/aromatic N) is 2. The van der Waals surface area contributed by atoms with Crippen LogP contribution in [-0.4, -0.2) is 73.7 Å². The minimum absolute atomic E-state index is 0.159. The predicted octanol–water partition coefficient (Wildman–Crippen LogP) is 4.13. The highest BCUT2D eigenvalue weighted by Crippen LogP contribution is 2.28. The number of amides is 2. The highest BCUT2D eigenvalue weighted by molar-refractivity contribution is 5.90. The maximum absolute atomic E-state index is 13.6. The molecule has 3 N–H and O–H groups in total. The number of aromatic amines is 1. The Hall–Kier alpha value is -4.50. The summed E-state index contributed by atoms with van der Waals surface area (Å²) in [6, 6.07) is 23.2. The van der Waals surface area contributed by atoms with Crippen LogP contribution in [0.4, 0.5) is 5.69 Å². The molecule has 3 aromatic carbocycles. The molecule has 1 aliphatic heterocycles. The molecule has 1 aromatic heterocycles. The highest BCUT2D eigenvalue weighted by atomic mass is 16.5. The molecule has 2 amide bonds. The molecule has 9 heteroatoms. The third-order valence-electron chi connectivity index (χ3n) is 7.69. The van der Waals surface area contributed by atoms with E-state index in [9.17, 15) is 9.59 Å². The van der Waals surface area contributed by atoms with E-state index < -0.39 is 6.04 Å². The van der Waals surface area contributed by atoms with Gasteiger partial charge in [-0.1, -0.05) is 42.5 Å². The van der Waals surface area contributed by atoms with Crippen LogP contribution in [-0.2, 0) is 22.6 Å². The van der Waals surface area contributed by atoms with Crippen molar-refractivity contribution in [2.24, 2.45) is 0 Å². The maximum atomic E-state index is 13.6. The summed E-state index contributed by atoms with van der Waals surface area (Å²) in [6.07, 6.45) is 2.29. The first-order chi connectivity index (χ1) is 21.0. The molecule has 4 aromatic rings. The number of carbonyl (C=O) groups excluding carboxylic acids is 2. The zero-order valence-corrected chi connectivity index (χ0v) is 25.0. The van der Waals surface area contributed by atoms with Crippen LogP contribution in [0.1, 0.15) is 25.0 Å². The van der Waals surface area contributed by atoms with Gasteiger partial charge in [-0.25, -0.2) is 0 Å². The summed E-state index contributed by atoms with van der Waals surface area (Å²) in [5, 5.41) is 7.11. The zero-order valence-electron chi connectivity index (χ0n) is 25.0. The van der Waals surface area contributed by atoms with Gasteiger partial charge in [0.15, 0.2) is 11.5 Å². The van der Waals surface area contributed by atoms with Gasteiger partial charge < -0.3 is 30.0 Å². The van der Waals surface area contributed by atoms with Gasteiger partial charge >= 0.3 is 0 Å². The average Bonchev–Trinajstić information content (AvgIpc) is 3.44. The van der Waals surface area contributed by atoms with E-state index in [0.29, 0.717) is 37.7 Å². The number of carbonyl (C=O) groups is 2. The lowest BCUT2D eigenvalue weighted by Crippen LogP contribution is -2.53. The van der Waals surface area contributed by atoms with Crippen LogP contribution >= 0.6 is 0 Å². The molecule has 0 aliphatic carbocycles. The van der Waals surface area contributed by atoms with Gasteiger partial charge in [-0.05, 0) is 55.3 Å². The Morgan fingerprint density at radius 3 is 2.37 bits per heavy atom. The molecule has 0 bridgehead atoms. The van der Waals surface area contributed by atoms with Gasteiger partial charge in [0.25, 0.3) is 0 Å². The van der Waals surface area contributed by atoms with E-state index in [-0.39, 0.29) is 18.4 Å². The fourth-order valence-corrected chi connectivity index (χ4v) is 5.49. The Bertz CT molecular complexity index is 1500. The lowest BCUT2D eigenvalue weighted by Gasteiger charge is -2.35. The first kappa shape index (κ1) is 30.0. The average molecular weight is 584 g/mol. The van der Waals surface area contributed by atoms with Crippen molar-refractivity contribution in [2.75, 3.05) is 50.8 Å². The quantitative estimate of drug-likeness (QED) is 0.219. The molecule has 1 unspecified atom stereocenters. The number of nitrogens with one attached hydrogen (secondary N) is 3. The number of para-hydroxylation sites is 2. The number of fused-ring (bicyclic) bond motifs is 1. The zero-order chi connectivity index (χ0) is 30.0. The molecule has 1 aliphatic rings. The van der Waals surface area contributed by atoms with Gasteiger partial charge in [-0.2, -0.15) is 0 Å². The number of rotatable bonds is 13. The van der Waals surface area contributed by atoms with Gasteiger partial charge in [-0.3, -0.25) is 14.5 Å². The summed E-state index contributed by atoms with van der Waals surface area (Å²) in [6.45, 7) is 8.70. The SMILES string of the molecule is CCOc1ccc(CNC(=O)C(Cc2c[nH]c3ccccc23)NC(=O)CN2CCN(c3ccccc3)CC2)cc1OCC. The molecule has 1 atom stereocenters. The summed E-state index contributed by atoms with van der Waals surface area (Å²) >= 11 is 0. The van der Waals surface area contributed by atoms with Gasteiger partial charge in [0.1, 0.15) is 6.04 Å². The molecule has 43 heavy (non-hydrogen) atoms. The number of aromatic nitrogens is 1. The molecular weight excluding hydrogens is 542 g/mol. The second-order valence-electron chi connectivity index (χ2n) is 10.6. The van der Waals surface area contributed by atoms with Crippen LogP contribution in [0.2, 0.25) is 0 Å². The van der Waals surface area contributed by atoms with Crippen molar-refractivity contribution in [1.29, 1.82) is 0 Å². The summed E-state index contributed by atoms with van der Waals surface area (Å²) < 4.78 is 11.4. The topological polar surface area (TPSA) is 98.9 Å². The van der Waals surface area contributed by atoms with Crippen LogP contribution < -0.4 is 25.0 Å². The normalized spacial score (nSPS) is 14.3. The van der Waals surface area contributed by atoms with Crippen molar-refractivity contribution in [1.82, 2.24) is 20.5 Å². The van der Waals surface area contributed by atoms with E-state index in [0.717, 1.165) is 48.2 Å². The van der Waals surface area contributed by atoms with Crippen molar-refractivity contribution in [3.63, 3.8) is 0 Å². The van der Waals surface area contributed by atoms with Gasteiger partial charge in [0, 0.05) is 61.9 Å². The Morgan fingerprint density at radius 2 is 1.60 bits per heavy atom. The molecule has 226 valence electrons. The fraction of sp³-hybridized carbons (Fsp3) is 0.353. The summed E-state index contributed by atoms with van der Waals surface area (Å²) in [5.41, 5.74) is 4.06. The van der Waals surface area contributed by atoms with Crippen molar-refractivity contribution >= 4 is 28.4 Å². The lowest BCUT2D eigenvalue weighted by atomic mass is 10.0. The lowest BCUT2D eigenvalue weighted by molar-refractivity contribution is -0.129. The molecule has 0 spiro atoms. The Balaban J connectivity index is 1.23. The summed E-state index contributed by atoms with van der Waals surface area (Å²) in [5.74, 6) is 0.924. The number of benzene rings is 3.